The molecule has 0 saturated heterocycles. The van der Waals surface area contributed by atoms with Crippen molar-refractivity contribution in [2.75, 3.05) is 39.6 Å². The standard InChI is InChI=1S/C73H138O17P2/c1-8-10-11-12-13-14-15-16-17-18-21-28-33-42-49-56-72(77)90-69(61-84-71(76)55-48-41-36-35-38-45-52-65(5)6)63-88-92(81,82)86-59-67(74)58-85-91(79,80)87-62-68(89-73(78)57-50-43-34-29-24-23-26-31-39-46-53-66(7)9-2)60-83-70(75)54-47-40-32-27-22-19-20-25-30-37-44-51-64(3)4/h14-17,64-69,74H,8-13,18-63H2,1-7H3,(H,79,80)(H,81,82)/b15-14-,17-16-/t66?,67-,68-,69-/m1/s1. The van der Waals surface area contributed by atoms with Crippen LogP contribution in [0.25, 0.3) is 0 Å². The normalized spacial score (nSPS) is 14.6. The highest BCUT2D eigenvalue weighted by Crippen LogP contribution is 2.45. The molecular weight excluding hydrogens is 1210 g/mol. The highest BCUT2D eigenvalue weighted by molar-refractivity contribution is 7.47. The Balaban J connectivity index is 5.29. The van der Waals surface area contributed by atoms with Crippen molar-refractivity contribution in [2.24, 2.45) is 17.8 Å². The highest BCUT2D eigenvalue weighted by Gasteiger charge is 2.30. The van der Waals surface area contributed by atoms with Crippen LogP contribution in [-0.4, -0.2) is 96.7 Å². The molecule has 3 unspecified atom stereocenters. The van der Waals surface area contributed by atoms with Gasteiger partial charge >= 0.3 is 39.5 Å². The third-order valence-electron chi connectivity index (χ3n) is 16.6. The molecule has 0 amide bonds. The Kier molecular flexibility index (Phi) is 61.6. The zero-order valence-electron chi connectivity index (χ0n) is 59.5. The molecule has 0 fully saturated rings. The van der Waals surface area contributed by atoms with Gasteiger partial charge in [0, 0.05) is 25.7 Å². The molecule has 0 aliphatic heterocycles. The molecule has 0 heterocycles. The Morgan fingerprint density at radius 3 is 0.967 bits per heavy atom. The van der Waals surface area contributed by atoms with Gasteiger partial charge in [0.25, 0.3) is 0 Å². The van der Waals surface area contributed by atoms with E-state index in [4.69, 9.17) is 37.0 Å². The number of hydrogen-bond donors (Lipinski definition) is 3. The molecular formula is C73H138O17P2. The quantitative estimate of drug-likeness (QED) is 0.0169. The summed E-state index contributed by atoms with van der Waals surface area (Å²) in [7, 11) is -9.92. The number of allylic oxidation sites excluding steroid dienone is 4. The van der Waals surface area contributed by atoms with Crippen LogP contribution in [0.5, 0.6) is 0 Å². The van der Waals surface area contributed by atoms with Crippen molar-refractivity contribution in [2.45, 2.75) is 362 Å². The van der Waals surface area contributed by atoms with Crippen LogP contribution < -0.4 is 0 Å². The van der Waals surface area contributed by atoms with Gasteiger partial charge in [-0.1, -0.05) is 291 Å². The fourth-order valence-electron chi connectivity index (χ4n) is 10.5. The SMILES string of the molecule is CCCCCC/C=C\C=C/CCCCCCCC(=O)O[C@H](COC(=O)CCCCCCCCC(C)C)COP(=O)(O)OC[C@H](O)COP(=O)(O)OC[C@@H](COC(=O)CCCCCCCCCCCCCC(C)C)OC(=O)CCCCCCCCCCCCC(C)CC. The number of ether oxygens (including phenoxy) is 4. The molecule has 19 heteroatoms. The third kappa shape index (κ3) is 64.9. The number of carbonyl (C=O) groups is 4. The highest BCUT2D eigenvalue weighted by atomic mass is 31.2. The molecule has 0 aliphatic carbocycles. The van der Waals surface area contributed by atoms with E-state index in [0.717, 1.165) is 121 Å². The fraction of sp³-hybridized carbons (Fsp3) is 0.890. The van der Waals surface area contributed by atoms with E-state index < -0.39 is 97.5 Å². The van der Waals surface area contributed by atoms with Gasteiger partial charge in [0.2, 0.25) is 0 Å². The second-order valence-corrected chi connectivity index (χ2v) is 29.7. The zero-order chi connectivity index (χ0) is 68.0. The van der Waals surface area contributed by atoms with Gasteiger partial charge in [-0.3, -0.25) is 37.3 Å². The number of hydrogen-bond acceptors (Lipinski definition) is 15. The second kappa shape index (κ2) is 63.3. The first-order valence-electron chi connectivity index (χ1n) is 37.2. The van der Waals surface area contributed by atoms with E-state index in [1.807, 2.05) is 0 Å². The van der Waals surface area contributed by atoms with Crippen molar-refractivity contribution < 1.29 is 80.2 Å². The van der Waals surface area contributed by atoms with Gasteiger partial charge in [0.15, 0.2) is 12.2 Å². The van der Waals surface area contributed by atoms with E-state index in [0.29, 0.717) is 31.6 Å². The molecule has 17 nitrogen and oxygen atoms in total. The molecule has 6 atom stereocenters. The predicted molar refractivity (Wildman–Crippen MR) is 372 cm³/mol. The van der Waals surface area contributed by atoms with Crippen molar-refractivity contribution in [1.82, 2.24) is 0 Å². The molecule has 3 N–H and O–H groups in total. The first kappa shape index (κ1) is 89.5. The van der Waals surface area contributed by atoms with Crippen molar-refractivity contribution >= 4 is 39.5 Å². The number of carbonyl (C=O) groups excluding carboxylic acids is 4. The van der Waals surface area contributed by atoms with Gasteiger partial charge < -0.3 is 33.8 Å². The molecule has 0 radical (unpaired) electrons. The number of aliphatic hydroxyl groups excluding tert-OH is 1. The minimum atomic E-state index is -4.96. The molecule has 0 saturated carbocycles. The topological polar surface area (TPSA) is 237 Å². The first-order valence-corrected chi connectivity index (χ1v) is 40.2. The number of phosphoric acid groups is 2. The van der Waals surface area contributed by atoms with Crippen LogP contribution in [0.1, 0.15) is 344 Å². The molecule has 0 aromatic carbocycles. The zero-order valence-corrected chi connectivity index (χ0v) is 61.3. The number of rotatable bonds is 69. The van der Waals surface area contributed by atoms with Crippen LogP contribution >= 0.6 is 15.6 Å². The van der Waals surface area contributed by atoms with Gasteiger partial charge in [0.1, 0.15) is 19.3 Å². The van der Waals surface area contributed by atoms with Gasteiger partial charge in [-0.05, 0) is 69.1 Å². The third-order valence-corrected chi connectivity index (χ3v) is 18.5. The smallest absolute Gasteiger partial charge is 0.462 e. The average molecular weight is 1350 g/mol. The second-order valence-electron chi connectivity index (χ2n) is 26.8. The van der Waals surface area contributed by atoms with Gasteiger partial charge in [-0.2, -0.15) is 0 Å². The summed E-state index contributed by atoms with van der Waals surface area (Å²) in [6.45, 7) is 11.7. The molecule has 0 aliphatic rings. The first-order chi connectivity index (χ1) is 44.3. The summed E-state index contributed by atoms with van der Waals surface area (Å²) >= 11 is 0. The van der Waals surface area contributed by atoms with Crippen LogP contribution in [0.3, 0.4) is 0 Å². The van der Waals surface area contributed by atoms with Crippen LogP contribution in [0.4, 0.5) is 0 Å². The summed E-state index contributed by atoms with van der Waals surface area (Å²) in [6, 6.07) is 0. The van der Waals surface area contributed by atoms with E-state index >= 15 is 0 Å². The summed E-state index contributed by atoms with van der Waals surface area (Å²) in [5, 5.41) is 10.6. The van der Waals surface area contributed by atoms with Crippen molar-refractivity contribution in [3.05, 3.63) is 24.3 Å². The van der Waals surface area contributed by atoms with E-state index in [9.17, 15) is 43.2 Å². The van der Waals surface area contributed by atoms with Crippen LogP contribution in [0.15, 0.2) is 24.3 Å². The number of esters is 4. The maximum absolute atomic E-state index is 13.0. The number of phosphoric ester groups is 2. The van der Waals surface area contributed by atoms with E-state index in [1.165, 1.54) is 135 Å². The number of unbranched alkanes of at least 4 members (excludes halogenated alkanes) is 33. The van der Waals surface area contributed by atoms with Crippen LogP contribution in [-0.2, 0) is 65.4 Å². The maximum atomic E-state index is 13.0. The lowest BCUT2D eigenvalue weighted by Gasteiger charge is -2.21. The molecule has 542 valence electrons. The summed E-state index contributed by atoms with van der Waals surface area (Å²) in [5.74, 6) is 0.0922. The fourth-order valence-corrected chi connectivity index (χ4v) is 12.1. The Morgan fingerprint density at radius 2 is 0.641 bits per heavy atom. The lowest BCUT2D eigenvalue weighted by Crippen LogP contribution is -2.30. The minimum absolute atomic E-state index is 0.0836. The van der Waals surface area contributed by atoms with E-state index in [2.05, 4.69) is 72.8 Å². The Hall–Kier alpha value is -2.46. The van der Waals surface area contributed by atoms with Crippen molar-refractivity contribution in [1.29, 1.82) is 0 Å². The van der Waals surface area contributed by atoms with Crippen molar-refractivity contribution in [3.63, 3.8) is 0 Å². The summed E-state index contributed by atoms with van der Waals surface area (Å²) < 4.78 is 68.3. The van der Waals surface area contributed by atoms with Gasteiger partial charge in [-0.25, -0.2) is 9.13 Å². The number of aliphatic hydroxyl groups is 1. The summed E-state index contributed by atoms with van der Waals surface area (Å²) in [5.41, 5.74) is 0. The van der Waals surface area contributed by atoms with E-state index in [1.54, 1.807) is 0 Å². The molecule has 0 aromatic heterocycles. The van der Waals surface area contributed by atoms with Crippen molar-refractivity contribution in [3.8, 4) is 0 Å². The minimum Gasteiger partial charge on any atom is -0.462 e. The Labute approximate surface area is 561 Å². The Bertz CT molecular complexity index is 1900. The van der Waals surface area contributed by atoms with Crippen LogP contribution in [0, 0.1) is 17.8 Å². The lowest BCUT2D eigenvalue weighted by molar-refractivity contribution is -0.161. The van der Waals surface area contributed by atoms with E-state index in [-0.39, 0.29) is 25.7 Å². The lowest BCUT2D eigenvalue weighted by atomic mass is 9.99. The predicted octanol–water partition coefficient (Wildman–Crippen LogP) is 20.6. The molecule has 0 aromatic rings. The maximum Gasteiger partial charge on any atom is 0.472 e. The van der Waals surface area contributed by atoms with Crippen LogP contribution in [0.2, 0.25) is 0 Å². The molecule has 0 spiro atoms. The van der Waals surface area contributed by atoms with Gasteiger partial charge in [-0.15, -0.1) is 0 Å². The molecule has 0 rings (SSSR count). The summed E-state index contributed by atoms with van der Waals surface area (Å²) in [4.78, 5) is 72.6. The monoisotopic (exact) mass is 1350 g/mol. The molecule has 92 heavy (non-hydrogen) atoms. The molecule has 0 bridgehead atoms. The average Bonchev–Trinajstić information content (AvgIpc) is 2.57. The summed E-state index contributed by atoms with van der Waals surface area (Å²) in [6.07, 6.45) is 50.8. The largest absolute Gasteiger partial charge is 0.472 e. The van der Waals surface area contributed by atoms with Gasteiger partial charge in [0.05, 0.1) is 26.4 Å². The Morgan fingerprint density at radius 1 is 0.359 bits per heavy atom.